The number of rotatable bonds is 7. The Kier molecular flexibility index (Phi) is 5.14. The van der Waals surface area contributed by atoms with Crippen molar-refractivity contribution in [3.63, 3.8) is 0 Å². The van der Waals surface area contributed by atoms with Gasteiger partial charge in [-0.05, 0) is 42.3 Å². The summed E-state index contributed by atoms with van der Waals surface area (Å²) in [6.45, 7) is 4.69. The number of imidazole rings is 1. The van der Waals surface area contributed by atoms with Gasteiger partial charge in [0.25, 0.3) is 0 Å². The molecule has 0 bridgehead atoms. The number of carboxylic acid groups (broad SMARTS) is 1. The molecule has 0 amide bonds. The summed E-state index contributed by atoms with van der Waals surface area (Å²) in [6, 6.07) is 9.62. The number of aromatic amines is 1. The number of nitrogens with one attached hydrogen (secondary N) is 1. The lowest BCUT2D eigenvalue weighted by molar-refractivity contribution is 0.0697. The molecule has 3 N–H and O–H groups in total. The molecule has 0 aliphatic heterocycles. The van der Waals surface area contributed by atoms with E-state index in [1.165, 1.54) is 18.4 Å². The van der Waals surface area contributed by atoms with E-state index >= 15 is 0 Å². The molecule has 2 heterocycles. The molecule has 0 aliphatic rings. The van der Waals surface area contributed by atoms with Gasteiger partial charge in [-0.2, -0.15) is 0 Å². The summed E-state index contributed by atoms with van der Waals surface area (Å²) >= 11 is 0. The molecular formula is C22H21N3O5. The number of hydrogen-bond donors (Lipinski definition) is 3. The summed E-state index contributed by atoms with van der Waals surface area (Å²) in [7, 11) is 0. The molecule has 8 heteroatoms. The highest BCUT2D eigenvalue weighted by Gasteiger charge is 2.15. The lowest BCUT2D eigenvalue weighted by Crippen LogP contribution is -2.06. The van der Waals surface area contributed by atoms with Crippen LogP contribution in [0.5, 0.6) is 11.5 Å². The molecule has 154 valence electrons. The van der Waals surface area contributed by atoms with Gasteiger partial charge in [0, 0.05) is 5.56 Å². The van der Waals surface area contributed by atoms with Crippen molar-refractivity contribution in [2.24, 2.45) is 5.92 Å². The van der Waals surface area contributed by atoms with E-state index in [0.717, 1.165) is 5.56 Å². The van der Waals surface area contributed by atoms with E-state index < -0.39 is 5.97 Å². The molecule has 0 radical (unpaired) electrons. The van der Waals surface area contributed by atoms with Gasteiger partial charge in [-0.3, -0.25) is 0 Å². The fourth-order valence-corrected chi connectivity index (χ4v) is 3.03. The minimum absolute atomic E-state index is 0.139. The van der Waals surface area contributed by atoms with E-state index in [1.54, 1.807) is 24.3 Å². The third kappa shape index (κ3) is 4.12. The fraction of sp³-hybridized carbons (Fsp3) is 0.227. The number of carboxylic acids is 1. The first kappa shape index (κ1) is 19.5. The summed E-state index contributed by atoms with van der Waals surface area (Å²) in [4.78, 5) is 23.1. The predicted molar refractivity (Wildman–Crippen MR) is 110 cm³/mol. The second-order valence-electron chi connectivity index (χ2n) is 7.42. The van der Waals surface area contributed by atoms with E-state index in [-0.39, 0.29) is 11.3 Å². The molecule has 0 spiro atoms. The Balaban J connectivity index is 1.58. The quantitative estimate of drug-likeness (QED) is 0.419. The highest BCUT2D eigenvalue weighted by Crippen LogP contribution is 2.28. The summed E-state index contributed by atoms with van der Waals surface area (Å²) in [5.41, 5.74) is 2.68. The molecule has 4 aromatic rings. The van der Waals surface area contributed by atoms with E-state index in [9.17, 15) is 9.90 Å². The third-order valence-corrected chi connectivity index (χ3v) is 4.48. The number of ether oxygens (including phenoxy) is 1. The van der Waals surface area contributed by atoms with Gasteiger partial charge >= 0.3 is 5.97 Å². The molecular weight excluding hydrogens is 386 g/mol. The molecule has 8 nitrogen and oxygen atoms in total. The van der Waals surface area contributed by atoms with Crippen molar-refractivity contribution in [1.29, 1.82) is 0 Å². The Morgan fingerprint density at radius 1 is 1.20 bits per heavy atom. The molecule has 30 heavy (non-hydrogen) atoms. The van der Waals surface area contributed by atoms with Crippen molar-refractivity contribution in [3.05, 3.63) is 59.7 Å². The van der Waals surface area contributed by atoms with Crippen LogP contribution < -0.4 is 4.74 Å². The molecule has 0 aliphatic carbocycles. The number of carbonyl (C=O) groups is 1. The van der Waals surface area contributed by atoms with Gasteiger partial charge in [0.1, 0.15) is 23.5 Å². The van der Waals surface area contributed by atoms with E-state index in [2.05, 4.69) is 28.8 Å². The first-order chi connectivity index (χ1) is 14.4. The Morgan fingerprint density at radius 2 is 2.03 bits per heavy atom. The van der Waals surface area contributed by atoms with Crippen LogP contribution in [0.1, 0.15) is 35.7 Å². The molecule has 0 unspecified atom stereocenters. The minimum atomic E-state index is -1.00. The number of phenolic OH excluding ortho intramolecular Hbond substituents is 1. The second-order valence-corrected chi connectivity index (χ2v) is 7.42. The zero-order valence-corrected chi connectivity index (χ0v) is 16.5. The number of oxazole rings is 1. The Hall–Kier alpha value is -3.81. The van der Waals surface area contributed by atoms with Crippen molar-refractivity contribution in [2.75, 3.05) is 6.61 Å². The van der Waals surface area contributed by atoms with Gasteiger partial charge in [0.05, 0.1) is 29.6 Å². The van der Waals surface area contributed by atoms with Crippen LogP contribution >= 0.6 is 0 Å². The normalized spacial score (nSPS) is 11.3. The number of hydrogen-bond acceptors (Lipinski definition) is 6. The number of fused-ring (bicyclic) bond motifs is 1. The number of aromatic hydroxyl groups is 1. The fourth-order valence-electron chi connectivity index (χ4n) is 3.03. The summed E-state index contributed by atoms with van der Waals surface area (Å²) in [5, 5.41) is 19.0. The van der Waals surface area contributed by atoms with Crippen molar-refractivity contribution in [2.45, 2.75) is 20.3 Å². The molecule has 4 rings (SSSR count). The highest BCUT2D eigenvalue weighted by molar-refractivity contribution is 5.92. The van der Waals surface area contributed by atoms with Crippen molar-refractivity contribution < 1.29 is 24.2 Å². The van der Waals surface area contributed by atoms with Gasteiger partial charge in [-0.15, -0.1) is 0 Å². The van der Waals surface area contributed by atoms with Crippen LogP contribution in [0.3, 0.4) is 0 Å². The van der Waals surface area contributed by atoms with Crippen LogP contribution in [-0.4, -0.2) is 37.7 Å². The predicted octanol–water partition coefficient (Wildman–Crippen LogP) is 4.25. The molecule has 2 aromatic carbocycles. The zero-order chi connectivity index (χ0) is 21.3. The molecule has 0 saturated carbocycles. The van der Waals surface area contributed by atoms with Crippen LogP contribution in [-0.2, 0) is 6.42 Å². The van der Waals surface area contributed by atoms with Gasteiger partial charge in [0.15, 0.2) is 11.7 Å². The topological polar surface area (TPSA) is 121 Å². The molecule has 2 aromatic heterocycles. The van der Waals surface area contributed by atoms with Crippen LogP contribution in [0.15, 0.2) is 47.1 Å². The maximum Gasteiger partial charge on any atom is 0.335 e. The largest absolute Gasteiger partial charge is 0.508 e. The van der Waals surface area contributed by atoms with E-state index in [0.29, 0.717) is 53.1 Å². The maximum absolute atomic E-state index is 11.1. The summed E-state index contributed by atoms with van der Waals surface area (Å²) in [5.74, 6) is 1.10. The SMILES string of the molecule is CC(C)COc1ccc(O)cc1Cc1nc(-c2nc3ccc(C(=O)O)cc3[nH]2)co1. The number of H-pyrrole nitrogens is 1. The summed E-state index contributed by atoms with van der Waals surface area (Å²) < 4.78 is 11.4. The van der Waals surface area contributed by atoms with Crippen LogP contribution in [0.25, 0.3) is 22.6 Å². The molecule has 0 saturated heterocycles. The highest BCUT2D eigenvalue weighted by atomic mass is 16.5. The lowest BCUT2D eigenvalue weighted by Gasteiger charge is -2.12. The number of phenols is 1. The van der Waals surface area contributed by atoms with Crippen molar-refractivity contribution in [3.8, 4) is 23.0 Å². The standard InChI is InChI=1S/C22H21N3O5/c1-12(2)10-29-19-6-4-15(26)7-14(19)9-20-23-18(11-30-20)21-24-16-5-3-13(22(27)28)8-17(16)25-21/h3-8,11-12,26H,9-10H2,1-2H3,(H,24,25)(H,27,28). The van der Waals surface area contributed by atoms with Crippen LogP contribution in [0.4, 0.5) is 0 Å². The van der Waals surface area contributed by atoms with Crippen LogP contribution in [0.2, 0.25) is 0 Å². The number of benzene rings is 2. The van der Waals surface area contributed by atoms with Crippen LogP contribution in [0, 0.1) is 5.92 Å². The smallest absolute Gasteiger partial charge is 0.335 e. The maximum atomic E-state index is 11.1. The van der Waals surface area contributed by atoms with Gasteiger partial charge in [0.2, 0.25) is 0 Å². The van der Waals surface area contributed by atoms with Gasteiger partial charge in [-0.1, -0.05) is 13.8 Å². The second kappa shape index (κ2) is 7.90. The summed E-state index contributed by atoms with van der Waals surface area (Å²) in [6.07, 6.45) is 1.83. The molecule has 0 fully saturated rings. The lowest BCUT2D eigenvalue weighted by atomic mass is 10.1. The first-order valence-corrected chi connectivity index (χ1v) is 9.51. The van der Waals surface area contributed by atoms with Crippen molar-refractivity contribution >= 4 is 17.0 Å². The van der Waals surface area contributed by atoms with E-state index in [4.69, 9.17) is 14.3 Å². The first-order valence-electron chi connectivity index (χ1n) is 9.51. The monoisotopic (exact) mass is 407 g/mol. The Bertz CT molecular complexity index is 1210. The van der Waals surface area contributed by atoms with Gasteiger partial charge < -0.3 is 24.4 Å². The average Bonchev–Trinajstić information content (AvgIpc) is 3.33. The Labute approximate surface area is 172 Å². The number of aromatic carboxylic acids is 1. The number of nitrogens with zero attached hydrogens (tertiary/aromatic N) is 2. The molecule has 0 atom stereocenters. The minimum Gasteiger partial charge on any atom is -0.508 e. The third-order valence-electron chi connectivity index (χ3n) is 4.48. The zero-order valence-electron chi connectivity index (χ0n) is 16.5. The van der Waals surface area contributed by atoms with Gasteiger partial charge in [-0.25, -0.2) is 14.8 Å². The Morgan fingerprint density at radius 3 is 2.80 bits per heavy atom. The van der Waals surface area contributed by atoms with E-state index in [1.807, 2.05) is 0 Å². The van der Waals surface area contributed by atoms with Crippen molar-refractivity contribution in [1.82, 2.24) is 15.0 Å². The average molecular weight is 407 g/mol. The number of aromatic nitrogens is 3.